The zero-order valence-electron chi connectivity index (χ0n) is 15.4. The van der Waals surface area contributed by atoms with Crippen molar-refractivity contribution in [1.29, 1.82) is 0 Å². The van der Waals surface area contributed by atoms with Gasteiger partial charge >= 0.3 is 0 Å². The zero-order valence-corrected chi connectivity index (χ0v) is 15.4. The average Bonchev–Trinajstić information content (AvgIpc) is 2.69. The summed E-state index contributed by atoms with van der Waals surface area (Å²) in [6.45, 7) is 1.76. The van der Waals surface area contributed by atoms with Crippen molar-refractivity contribution >= 4 is 16.8 Å². The number of benzene rings is 2. The van der Waals surface area contributed by atoms with Gasteiger partial charge in [0.1, 0.15) is 6.54 Å². The second-order valence-electron chi connectivity index (χ2n) is 6.10. The van der Waals surface area contributed by atoms with Crippen molar-refractivity contribution in [2.75, 3.05) is 14.2 Å². The first kappa shape index (κ1) is 18.4. The molecular weight excluding hydrogens is 346 g/mol. The lowest BCUT2D eigenvalue weighted by atomic mass is 10.1. The summed E-state index contributed by atoms with van der Waals surface area (Å²) in [5.74, 6) is 0.927. The average molecular weight is 367 g/mol. The largest absolute Gasteiger partial charge is 0.493 e. The lowest BCUT2D eigenvalue weighted by Crippen LogP contribution is -2.34. The molecule has 1 N–H and O–H groups in total. The Hall–Kier alpha value is -3.35. The predicted octanol–water partition coefficient (Wildman–Crippen LogP) is 2.29. The van der Waals surface area contributed by atoms with Crippen LogP contribution in [-0.2, 0) is 11.3 Å². The third-order valence-corrected chi connectivity index (χ3v) is 4.33. The fraction of sp³-hybridized carbons (Fsp3) is 0.250. The highest BCUT2D eigenvalue weighted by Gasteiger charge is 2.14. The molecule has 3 rings (SSSR count). The molecule has 0 saturated heterocycles. The molecule has 0 aliphatic rings. The highest BCUT2D eigenvalue weighted by Crippen LogP contribution is 2.29. The van der Waals surface area contributed by atoms with Crippen molar-refractivity contribution in [1.82, 2.24) is 14.9 Å². The third kappa shape index (κ3) is 3.92. The van der Waals surface area contributed by atoms with E-state index in [9.17, 15) is 9.59 Å². The molecule has 7 heteroatoms. The minimum Gasteiger partial charge on any atom is -0.493 e. The van der Waals surface area contributed by atoms with E-state index in [-0.39, 0.29) is 24.1 Å². The molecule has 1 atom stereocenters. The number of hydrogen-bond acceptors (Lipinski definition) is 5. The maximum absolute atomic E-state index is 12.5. The molecule has 0 aliphatic carbocycles. The summed E-state index contributed by atoms with van der Waals surface area (Å²) in [7, 11) is 3.13. The number of methoxy groups -OCH3 is 2. The van der Waals surface area contributed by atoms with Gasteiger partial charge in [-0.2, -0.15) is 0 Å². The van der Waals surface area contributed by atoms with Crippen molar-refractivity contribution in [3.63, 3.8) is 0 Å². The monoisotopic (exact) mass is 367 g/mol. The highest BCUT2D eigenvalue weighted by atomic mass is 16.5. The number of fused-ring (bicyclic) bond motifs is 1. The Kier molecular flexibility index (Phi) is 5.40. The summed E-state index contributed by atoms with van der Waals surface area (Å²) in [5, 5.41) is 3.37. The van der Waals surface area contributed by atoms with Gasteiger partial charge in [0.05, 0.1) is 37.5 Å². The molecule has 7 nitrogen and oxygen atoms in total. The number of carbonyl (C=O) groups excluding carboxylic acids is 1. The molecule has 140 valence electrons. The van der Waals surface area contributed by atoms with E-state index in [2.05, 4.69) is 10.3 Å². The summed E-state index contributed by atoms with van der Waals surface area (Å²) in [6.07, 6.45) is 1.39. The standard InChI is InChI=1S/C20H21N3O4/c1-13(14-8-9-17(26-2)18(10-14)27-3)22-19(24)11-23-12-21-16-7-5-4-6-15(16)20(23)25/h4-10,12-13H,11H2,1-3H3,(H,22,24). The van der Waals surface area contributed by atoms with Gasteiger partial charge in [0.15, 0.2) is 11.5 Å². The molecule has 0 saturated carbocycles. The molecule has 2 aromatic carbocycles. The lowest BCUT2D eigenvalue weighted by molar-refractivity contribution is -0.122. The Labute approximate surface area is 156 Å². The Bertz CT molecular complexity index is 1030. The minimum atomic E-state index is -0.281. The first-order chi connectivity index (χ1) is 13.0. The van der Waals surface area contributed by atoms with Crippen LogP contribution in [0.25, 0.3) is 10.9 Å². The van der Waals surface area contributed by atoms with Crippen LogP contribution >= 0.6 is 0 Å². The van der Waals surface area contributed by atoms with Crippen molar-refractivity contribution in [2.45, 2.75) is 19.5 Å². The van der Waals surface area contributed by atoms with E-state index in [4.69, 9.17) is 9.47 Å². The van der Waals surface area contributed by atoms with Crippen LogP contribution in [0.2, 0.25) is 0 Å². The number of carbonyl (C=O) groups is 1. The second-order valence-corrected chi connectivity index (χ2v) is 6.10. The predicted molar refractivity (Wildman–Crippen MR) is 102 cm³/mol. The van der Waals surface area contributed by atoms with E-state index in [0.29, 0.717) is 22.4 Å². The maximum atomic E-state index is 12.5. The molecule has 1 aromatic heterocycles. The Morgan fingerprint density at radius 3 is 2.63 bits per heavy atom. The summed E-state index contributed by atoms with van der Waals surface area (Å²) < 4.78 is 11.8. The van der Waals surface area contributed by atoms with E-state index < -0.39 is 0 Å². The van der Waals surface area contributed by atoms with Crippen molar-refractivity contribution in [2.24, 2.45) is 0 Å². The van der Waals surface area contributed by atoms with Gasteiger partial charge in [-0.1, -0.05) is 18.2 Å². The molecule has 27 heavy (non-hydrogen) atoms. The molecule has 1 amide bonds. The molecular formula is C20H21N3O4. The number of ether oxygens (including phenoxy) is 2. The Balaban J connectivity index is 1.74. The molecule has 0 fully saturated rings. The van der Waals surface area contributed by atoms with Gasteiger partial charge in [-0.15, -0.1) is 0 Å². The van der Waals surface area contributed by atoms with Crippen LogP contribution in [0.1, 0.15) is 18.5 Å². The van der Waals surface area contributed by atoms with Crippen LogP contribution in [0.5, 0.6) is 11.5 Å². The number of nitrogens with one attached hydrogen (secondary N) is 1. The summed E-state index contributed by atoms with van der Waals surface area (Å²) in [4.78, 5) is 29.1. The van der Waals surface area contributed by atoms with E-state index in [1.165, 1.54) is 10.9 Å². The fourth-order valence-electron chi connectivity index (χ4n) is 2.87. The normalized spacial score (nSPS) is 11.8. The molecule has 0 aliphatic heterocycles. The summed E-state index contributed by atoms with van der Waals surface area (Å²) in [6, 6.07) is 12.2. The maximum Gasteiger partial charge on any atom is 0.261 e. The van der Waals surface area contributed by atoms with Crippen molar-refractivity contribution < 1.29 is 14.3 Å². The molecule has 0 radical (unpaired) electrons. The topological polar surface area (TPSA) is 82.5 Å². The van der Waals surface area contributed by atoms with Crippen LogP contribution in [0, 0.1) is 0 Å². The number of nitrogens with zero attached hydrogens (tertiary/aromatic N) is 2. The molecule has 3 aromatic rings. The first-order valence-electron chi connectivity index (χ1n) is 8.49. The highest BCUT2D eigenvalue weighted by molar-refractivity contribution is 5.79. The molecule has 0 spiro atoms. The number of hydrogen-bond donors (Lipinski definition) is 1. The van der Waals surface area contributed by atoms with Gasteiger partial charge in [-0.3, -0.25) is 14.2 Å². The quantitative estimate of drug-likeness (QED) is 0.723. The number of para-hydroxylation sites is 1. The third-order valence-electron chi connectivity index (χ3n) is 4.33. The lowest BCUT2D eigenvalue weighted by Gasteiger charge is -2.17. The van der Waals surface area contributed by atoms with Gasteiger partial charge in [-0.05, 0) is 36.8 Å². The van der Waals surface area contributed by atoms with E-state index in [1.807, 2.05) is 25.1 Å². The Morgan fingerprint density at radius 1 is 1.15 bits per heavy atom. The summed E-state index contributed by atoms with van der Waals surface area (Å²) >= 11 is 0. The number of rotatable bonds is 6. The zero-order chi connectivity index (χ0) is 19.4. The smallest absolute Gasteiger partial charge is 0.261 e. The van der Waals surface area contributed by atoms with Crippen LogP contribution in [-0.4, -0.2) is 29.7 Å². The number of amides is 1. The van der Waals surface area contributed by atoms with Crippen molar-refractivity contribution in [3.05, 3.63) is 64.7 Å². The van der Waals surface area contributed by atoms with Gasteiger partial charge < -0.3 is 14.8 Å². The van der Waals surface area contributed by atoms with E-state index >= 15 is 0 Å². The molecule has 0 bridgehead atoms. The molecule has 1 heterocycles. The van der Waals surface area contributed by atoms with Crippen LogP contribution in [0.15, 0.2) is 53.6 Å². The SMILES string of the molecule is COc1ccc(C(C)NC(=O)Cn2cnc3ccccc3c2=O)cc1OC. The molecule has 1 unspecified atom stereocenters. The fourth-order valence-corrected chi connectivity index (χ4v) is 2.87. The summed E-state index contributed by atoms with van der Waals surface area (Å²) in [5.41, 5.74) is 1.23. The van der Waals surface area contributed by atoms with Crippen molar-refractivity contribution in [3.8, 4) is 11.5 Å². The minimum absolute atomic E-state index is 0.103. The van der Waals surface area contributed by atoms with E-state index in [0.717, 1.165) is 5.56 Å². The van der Waals surface area contributed by atoms with Gasteiger partial charge in [0.2, 0.25) is 5.91 Å². The Morgan fingerprint density at radius 2 is 1.89 bits per heavy atom. The van der Waals surface area contributed by atoms with Gasteiger partial charge in [0.25, 0.3) is 5.56 Å². The number of aromatic nitrogens is 2. The second kappa shape index (κ2) is 7.90. The first-order valence-corrected chi connectivity index (χ1v) is 8.49. The van der Waals surface area contributed by atoms with Crippen LogP contribution in [0.3, 0.4) is 0 Å². The van der Waals surface area contributed by atoms with Crippen LogP contribution < -0.4 is 20.3 Å². The van der Waals surface area contributed by atoms with E-state index in [1.54, 1.807) is 38.5 Å². The van der Waals surface area contributed by atoms with Gasteiger partial charge in [-0.25, -0.2) is 4.98 Å². The van der Waals surface area contributed by atoms with Crippen LogP contribution in [0.4, 0.5) is 0 Å². The van der Waals surface area contributed by atoms with Gasteiger partial charge in [0, 0.05) is 0 Å².